The molecular formula is C15H29NS. The van der Waals surface area contributed by atoms with Gasteiger partial charge in [0, 0.05) is 11.3 Å². The summed E-state index contributed by atoms with van der Waals surface area (Å²) >= 11 is 2.33. The standard InChI is InChI=1S/C15H29NS/c1-4-5-6-7-8-17-15-10-13(11-15)9-14(15)12-16(2)3/h13-14H,4-12H2,1-3H3. The maximum atomic E-state index is 2.39. The van der Waals surface area contributed by atoms with Crippen LogP contribution in [-0.2, 0) is 0 Å². The second-order valence-corrected chi connectivity index (χ2v) is 7.95. The topological polar surface area (TPSA) is 3.24 Å². The fourth-order valence-corrected chi connectivity index (χ4v) is 5.62. The fraction of sp³-hybridized carbons (Fsp3) is 1.00. The quantitative estimate of drug-likeness (QED) is 0.602. The lowest BCUT2D eigenvalue weighted by Crippen LogP contribution is -2.40. The molecule has 3 rings (SSSR count). The van der Waals surface area contributed by atoms with Gasteiger partial charge in [-0.05, 0) is 57.4 Å². The van der Waals surface area contributed by atoms with Crippen LogP contribution in [0, 0.1) is 11.8 Å². The molecule has 0 aliphatic heterocycles. The molecule has 0 aromatic heterocycles. The highest BCUT2D eigenvalue weighted by molar-refractivity contribution is 8.00. The summed E-state index contributed by atoms with van der Waals surface area (Å²) in [5.41, 5.74) is 0. The zero-order chi connectivity index (χ0) is 12.3. The summed E-state index contributed by atoms with van der Waals surface area (Å²) in [6.45, 7) is 3.62. The number of rotatable bonds is 8. The Kier molecular flexibility index (Phi) is 4.82. The van der Waals surface area contributed by atoms with E-state index in [4.69, 9.17) is 0 Å². The molecule has 100 valence electrons. The molecule has 0 spiro atoms. The van der Waals surface area contributed by atoms with Crippen molar-refractivity contribution >= 4 is 11.8 Å². The third kappa shape index (κ3) is 3.20. The van der Waals surface area contributed by atoms with Gasteiger partial charge >= 0.3 is 0 Å². The van der Waals surface area contributed by atoms with Crippen molar-refractivity contribution < 1.29 is 0 Å². The summed E-state index contributed by atoms with van der Waals surface area (Å²) in [6, 6.07) is 0. The van der Waals surface area contributed by atoms with E-state index >= 15 is 0 Å². The number of fused-ring (bicyclic) bond motifs is 1. The van der Waals surface area contributed by atoms with Crippen LogP contribution in [0.4, 0.5) is 0 Å². The fourth-order valence-electron chi connectivity index (χ4n) is 3.76. The first kappa shape index (κ1) is 13.7. The first-order chi connectivity index (χ1) is 8.16. The van der Waals surface area contributed by atoms with Crippen molar-refractivity contribution in [3.8, 4) is 0 Å². The molecule has 3 saturated carbocycles. The van der Waals surface area contributed by atoms with E-state index in [1.807, 2.05) is 0 Å². The number of hydrogen-bond acceptors (Lipinski definition) is 2. The van der Waals surface area contributed by atoms with Crippen LogP contribution in [0.15, 0.2) is 0 Å². The van der Waals surface area contributed by atoms with Gasteiger partial charge in [-0.25, -0.2) is 0 Å². The number of thioether (sulfide) groups is 1. The Labute approximate surface area is 112 Å². The highest BCUT2D eigenvalue weighted by atomic mass is 32.2. The molecule has 3 aliphatic carbocycles. The van der Waals surface area contributed by atoms with E-state index in [-0.39, 0.29) is 0 Å². The Morgan fingerprint density at radius 2 is 1.94 bits per heavy atom. The van der Waals surface area contributed by atoms with Crippen LogP contribution in [0.1, 0.15) is 51.9 Å². The van der Waals surface area contributed by atoms with Gasteiger partial charge in [-0.15, -0.1) is 0 Å². The molecule has 3 aliphatic rings. The van der Waals surface area contributed by atoms with E-state index in [0.717, 1.165) is 11.8 Å². The number of nitrogens with zero attached hydrogens (tertiary/aromatic N) is 1. The smallest absolute Gasteiger partial charge is 0.0205 e. The molecule has 0 heterocycles. The third-order valence-electron chi connectivity index (χ3n) is 4.60. The van der Waals surface area contributed by atoms with Crippen LogP contribution in [0.5, 0.6) is 0 Å². The highest BCUT2D eigenvalue weighted by Gasteiger charge is 2.56. The predicted octanol–water partition coefficient (Wildman–Crippen LogP) is 4.03. The monoisotopic (exact) mass is 255 g/mol. The first-order valence-electron chi connectivity index (χ1n) is 7.45. The average Bonchev–Trinajstić information content (AvgIpc) is 2.70. The van der Waals surface area contributed by atoms with Gasteiger partial charge in [-0.2, -0.15) is 11.8 Å². The molecule has 17 heavy (non-hydrogen) atoms. The molecule has 0 aromatic carbocycles. The van der Waals surface area contributed by atoms with Crippen LogP contribution in [0.2, 0.25) is 0 Å². The number of unbranched alkanes of at least 4 members (excludes halogenated alkanes) is 3. The molecule has 0 aromatic rings. The zero-order valence-corrected chi connectivity index (χ0v) is 12.7. The second kappa shape index (κ2) is 5.97. The van der Waals surface area contributed by atoms with Crippen molar-refractivity contribution in [3.05, 3.63) is 0 Å². The van der Waals surface area contributed by atoms with Gasteiger partial charge in [0.25, 0.3) is 0 Å². The SMILES string of the molecule is CCCCCCSC12CC(CC1CN(C)C)C2. The van der Waals surface area contributed by atoms with Crippen LogP contribution < -0.4 is 0 Å². The first-order valence-corrected chi connectivity index (χ1v) is 8.43. The Hall–Kier alpha value is 0.310. The van der Waals surface area contributed by atoms with Gasteiger partial charge in [-0.3, -0.25) is 0 Å². The molecule has 1 nitrogen and oxygen atoms in total. The summed E-state index contributed by atoms with van der Waals surface area (Å²) in [7, 11) is 4.46. The minimum Gasteiger partial charge on any atom is -0.309 e. The Morgan fingerprint density at radius 1 is 1.18 bits per heavy atom. The summed E-state index contributed by atoms with van der Waals surface area (Å²) in [5, 5.41) is 0. The Balaban J connectivity index is 1.71. The van der Waals surface area contributed by atoms with Crippen molar-refractivity contribution in [3.63, 3.8) is 0 Å². The van der Waals surface area contributed by atoms with Crippen molar-refractivity contribution in [2.45, 2.75) is 56.6 Å². The van der Waals surface area contributed by atoms with Gasteiger partial charge in [-0.1, -0.05) is 26.2 Å². The summed E-state index contributed by atoms with van der Waals surface area (Å²) in [6.07, 6.45) is 10.3. The molecule has 0 radical (unpaired) electrons. The molecule has 0 amide bonds. The number of hydrogen-bond donors (Lipinski definition) is 0. The minimum atomic E-state index is 0.709. The molecule has 0 N–H and O–H groups in total. The molecule has 3 fully saturated rings. The summed E-state index contributed by atoms with van der Waals surface area (Å²) < 4.78 is 0.709. The van der Waals surface area contributed by atoms with E-state index in [1.165, 1.54) is 57.2 Å². The lowest BCUT2D eigenvalue weighted by molar-refractivity contribution is 0.275. The molecule has 0 saturated heterocycles. The van der Waals surface area contributed by atoms with Crippen LogP contribution in [0.3, 0.4) is 0 Å². The lowest BCUT2D eigenvalue weighted by Gasteiger charge is -2.41. The van der Waals surface area contributed by atoms with Crippen molar-refractivity contribution in [1.82, 2.24) is 4.90 Å². The predicted molar refractivity (Wildman–Crippen MR) is 78.7 cm³/mol. The normalized spacial score (nSPS) is 35.3. The van der Waals surface area contributed by atoms with Crippen molar-refractivity contribution in [1.29, 1.82) is 0 Å². The van der Waals surface area contributed by atoms with Crippen LogP contribution in [-0.4, -0.2) is 36.0 Å². The Bertz CT molecular complexity index is 233. The molecule has 1 unspecified atom stereocenters. The summed E-state index contributed by atoms with van der Waals surface area (Å²) in [5.74, 6) is 3.48. The lowest BCUT2D eigenvalue weighted by atomic mass is 9.81. The maximum Gasteiger partial charge on any atom is 0.0205 e. The van der Waals surface area contributed by atoms with E-state index in [0.29, 0.717) is 4.75 Å². The van der Waals surface area contributed by atoms with Gasteiger partial charge in [0.05, 0.1) is 0 Å². The van der Waals surface area contributed by atoms with Gasteiger partial charge in [0.15, 0.2) is 0 Å². The van der Waals surface area contributed by atoms with E-state index < -0.39 is 0 Å². The van der Waals surface area contributed by atoms with Crippen LogP contribution in [0.25, 0.3) is 0 Å². The van der Waals surface area contributed by atoms with E-state index in [9.17, 15) is 0 Å². The molecule has 2 bridgehead atoms. The van der Waals surface area contributed by atoms with Gasteiger partial charge in [0.2, 0.25) is 0 Å². The maximum absolute atomic E-state index is 2.39. The third-order valence-corrected chi connectivity index (χ3v) is 6.34. The van der Waals surface area contributed by atoms with Gasteiger partial charge < -0.3 is 4.90 Å². The van der Waals surface area contributed by atoms with Crippen molar-refractivity contribution in [2.24, 2.45) is 11.8 Å². The average molecular weight is 255 g/mol. The van der Waals surface area contributed by atoms with Crippen LogP contribution >= 0.6 is 11.8 Å². The summed E-state index contributed by atoms with van der Waals surface area (Å²) in [4.78, 5) is 2.39. The molecule has 1 atom stereocenters. The van der Waals surface area contributed by atoms with Gasteiger partial charge in [0.1, 0.15) is 0 Å². The zero-order valence-electron chi connectivity index (χ0n) is 11.9. The second-order valence-electron chi connectivity index (χ2n) is 6.44. The Morgan fingerprint density at radius 3 is 2.59 bits per heavy atom. The largest absolute Gasteiger partial charge is 0.309 e. The minimum absolute atomic E-state index is 0.709. The van der Waals surface area contributed by atoms with E-state index in [2.05, 4.69) is 37.7 Å². The molecular weight excluding hydrogens is 226 g/mol. The highest BCUT2D eigenvalue weighted by Crippen LogP contribution is 2.63. The van der Waals surface area contributed by atoms with Crippen molar-refractivity contribution in [2.75, 3.05) is 26.4 Å². The molecule has 2 heteroatoms. The van der Waals surface area contributed by atoms with E-state index in [1.54, 1.807) is 0 Å².